The van der Waals surface area contributed by atoms with Gasteiger partial charge >= 0.3 is 0 Å². The first-order valence-electron chi connectivity index (χ1n) is 6.87. The second-order valence-corrected chi connectivity index (χ2v) is 5.79. The first-order chi connectivity index (χ1) is 9.08. The fraction of sp³-hybridized carbons (Fsp3) is 0.533. The summed E-state index contributed by atoms with van der Waals surface area (Å²) in [5.41, 5.74) is 0.686. The standard InChI is InChI=1S/C15H21ClN2O/c1-11-6-5-9-18(10-11)12(2)15(19)17-14-8-4-3-7-13(14)16/h3-4,7-8,11-12H,5-6,9-10H2,1-2H3,(H,17,19)/t11-,12+/m1/s1. The average Bonchev–Trinajstić information content (AvgIpc) is 2.40. The Morgan fingerprint density at radius 2 is 2.21 bits per heavy atom. The zero-order valence-corrected chi connectivity index (χ0v) is 12.3. The molecule has 1 aromatic rings. The third-order valence-electron chi connectivity index (χ3n) is 3.75. The summed E-state index contributed by atoms with van der Waals surface area (Å²) in [6.45, 7) is 6.20. The summed E-state index contributed by atoms with van der Waals surface area (Å²) >= 11 is 6.05. The van der Waals surface area contributed by atoms with Crippen LogP contribution < -0.4 is 5.32 Å². The number of rotatable bonds is 3. The topological polar surface area (TPSA) is 32.3 Å². The Hall–Kier alpha value is -1.06. The molecule has 0 spiro atoms. The molecule has 0 aromatic heterocycles. The number of hydrogen-bond donors (Lipinski definition) is 1. The number of anilines is 1. The fourth-order valence-electron chi connectivity index (χ4n) is 2.54. The van der Waals surface area contributed by atoms with Crippen molar-refractivity contribution in [1.29, 1.82) is 0 Å². The van der Waals surface area contributed by atoms with E-state index in [9.17, 15) is 4.79 Å². The lowest BCUT2D eigenvalue weighted by atomic mass is 9.99. The Morgan fingerprint density at radius 3 is 2.89 bits per heavy atom. The van der Waals surface area contributed by atoms with Crippen LogP contribution in [-0.4, -0.2) is 29.9 Å². The Balaban J connectivity index is 1.97. The number of benzene rings is 1. The molecule has 1 heterocycles. The van der Waals surface area contributed by atoms with Gasteiger partial charge in [-0.25, -0.2) is 0 Å². The molecule has 3 nitrogen and oxygen atoms in total. The quantitative estimate of drug-likeness (QED) is 0.920. The van der Waals surface area contributed by atoms with E-state index in [-0.39, 0.29) is 11.9 Å². The maximum Gasteiger partial charge on any atom is 0.241 e. The summed E-state index contributed by atoms with van der Waals surface area (Å²) in [5, 5.41) is 3.49. The van der Waals surface area contributed by atoms with E-state index in [1.54, 1.807) is 6.07 Å². The number of likely N-dealkylation sites (tertiary alicyclic amines) is 1. The predicted molar refractivity (Wildman–Crippen MR) is 79.5 cm³/mol. The number of hydrogen-bond acceptors (Lipinski definition) is 2. The van der Waals surface area contributed by atoms with Crippen LogP contribution in [0.25, 0.3) is 0 Å². The second-order valence-electron chi connectivity index (χ2n) is 5.39. The second kappa shape index (κ2) is 6.40. The van der Waals surface area contributed by atoms with E-state index >= 15 is 0 Å². The third kappa shape index (κ3) is 3.71. The van der Waals surface area contributed by atoms with E-state index < -0.39 is 0 Å². The van der Waals surface area contributed by atoms with Crippen LogP contribution in [-0.2, 0) is 4.79 Å². The summed E-state index contributed by atoms with van der Waals surface area (Å²) in [6, 6.07) is 7.22. The first kappa shape index (κ1) is 14.4. The lowest BCUT2D eigenvalue weighted by molar-refractivity contribution is -0.121. The summed E-state index contributed by atoms with van der Waals surface area (Å²) < 4.78 is 0. The van der Waals surface area contributed by atoms with Gasteiger partial charge in [0, 0.05) is 6.54 Å². The normalized spacial score (nSPS) is 21.9. The first-order valence-corrected chi connectivity index (χ1v) is 7.25. The lowest BCUT2D eigenvalue weighted by Gasteiger charge is -2.34. The van der Waals surface area contributed by atoms with Gasteiger partial charge in [-0.05, 0) is 44.4 Å². The average molecular weight is 281 g/mol. The van der Waals surface area contributed by atoms with Crippen LogP contribution in [0.15, 0.2) is 24.3 Å². The minimum atomic E-state index is -0.112. The van der Waals surface area contributed by atoms with Crippen molar-refractivity contribution in [3.05, 3.63) is 29.3 Å². The van der Waals surface area contributed by atoms with Gasteiger partial charge in [0.15, 0.2) is 0 Å². The summed E-state index contributed by atoms with van der Waals surface area (Å²) in [6.07, 6.45) is 2.43. The van der Waals surface area contributed by atoms with Crippen molar-refractivity contribution in [1.82, 2.24) is 4.90 Å². The number of amides is 1. The van der Waals surface area contributed by atoms with Gasteiger partial charge in [-0.2, -0.15) is 0 Å². The highest BCUT2D eigenvalue weighted by molar-refractivity contribution is 6.33. The molecule has 104 valence electrons. The van der Waals surface area contributed by atoms with Gasteiger partial charge < -0.3 is 5.32 Å². The van der Waals surface area contributed by atoms with Crippen LogP contribution in [0.3, 0.4) is 0 Å². The van der Waals surface area contributed by atoms with Crippen molar-refractivity contribution in [2.24, 2.45) is 5.92 Å². The molecule has 1 amide bonds. The van der Waals surface area contributed by atoms with Crippen molar-refractivity contribution >= 4 is 23.2 Å². The third-order valence-corrected chi connectivity index (χ3v) is 4.08. The Morgan fingerprint density at radius 1 is 1.47 bits per heavy atom. The number of para-hydroxylation sites is 1. The van der Waals surface area contributed by atoms with Gasteiger partial charge in [0.25, 0.3) is 0 Å². The lowest BCUT2D eigenvalue weighted by Crippen LogP contribution is -2.46. The Bertz CT molecular complexity index is 450. The van der Waals surface area contributed by atoms with Crippen LogP contribution in [0.4, 0.5) is 5.69 Å². The van der Waals surface area contributed by atoms with Gasteiger partial charge in [-0.15, -0.1) is 0 Å². The molecule has 1 saturated heterocycles. The van der Waals surface area contributed by atoms with E-state index in [1.165, 1.54) is 12.8 Å². The van der Waals surface area contributed by atoms with Crippen molar-refractivity contribution in [2.75, 3.05) is 18.4 Å². The van der Waals surface area contributed by atoms with E-state index in [4.69, 9.17) is 11.6 Å². The van der Waals surface area contributed by atoms with Gasteiger partial charge in [-0.1, -0.05) is 30.7 Å². The molecular formula is C15H21ClN2O. The summed E-state index contributed by atoms with van der Waals surface area (Å²) in [7, 11) is 0. The van der Waals surface area contributed by atoms with Gasteiger partial charge in [0.05, 0.1) is 16.8 Å². The molecule has 1 N–H and O–H groups in total. The number of halogens is 1. The largest absolute Gasteiger partial charge is 0.323 e. The van der Waals surface area contributed by atoms with Crippen LogP contribution in [0.2, 0.25) is 5.02 Å². The molecule has 0 bridgehead atoms. The summed E-state index contributed by atoms with van der Waals surface area (Å²) in [5.74, 6) is 0.687. The number of piperidine rings is 1. The van der Waals surface area contributed by atoms with Gasteiger partial charge in [-0.3, -0.25) is 9.69 Å². The monoisotopic (exact) mass is 280 g/mol. The Labute approximate surface area is 119 Å². The molecule has 2 atom stereocenters. The molecule has 0 radical (unpaired) electrons. The molecule has 1 aliphatic heterocycles. The fourth-order valence-corrected chi connectivity index (χ4v) is 2.73. The van der Waals surface area contributed by atoms with Crippen LogP contribution >= 0.6 is 11.6 Å². The minimum absolute atomic E-state index is 0.0159. The number of nitrogens with one attached hydrogen (secondary N) is 1. The smallest absolute Gasteiger partial charge is 0.241 e. The highest BCUT2D eigenvalue weighted by atomic mass is 35.5. The zero-order valence-electron chi connectivity index (χ0n) is 11.5. The minimum Gasteiger partial charge on any atom is -0.323 e. The molecule has 19 heavy (non-hydrogen) atoms. The molecule has 0 unspecified atom stereocenters. The van der Waals surface area contributed by atoms with Gasteiger partial charge in [0.2, 0.25) is 5.91 Å². The number of nitrogens with zero attached hydrogens (tertiary/aromatic N) is 1. The maximum atomic E-state index is 12.3. The SMILES string of the molecule is C[C@@H]1CCCN([C@@H](C)C(=O)Nc2ccccc2Cl)C1. The molecule has 1 aliphatic rings. The molecule has 1 aromatic carbocycles. The molecule has 0 aliphatic carbocycles. The highest BCUT2D eigenvalue weighted by Gasteiger charge is 2.25. The summed E-state index contributed by atoms with van der Waals surface area (Å²) in [4.78, 5) is 14.5. The van der Waals surface area contributed by atoms with Crippen molar-refractivity contribution in [3.63, 3.8) is 0 Å². The van der Waals surface area contributed by atoms with Crippen LogP contribution in [0.5, 0.6) is 0 Å². The number of carbonyl (C=O) groups is 1. The van der Waals surface area contributed by atoms with Crippen LogP contribution in [0, 0.1) is 5.92 Å². The van der Waals surface area contributed by atoms with E-state index in [1.807, 2.05) is 25.1 Å². The molecular weight excluding hydrogens is 260 g/mol. The maximum absolute atomic E-state index is 12.3. The molecule has 0 saturated carbocycles. The van der Waals surface area contributed by atoms with E-state index in [0.717, 1.165) is 13.1 Å². The van der Waals surface area contributed by atoms with E-state index in [2.05, 4.69) is 17.1 Å². The highest BCUT2D eigenvalue weighted by Crippen LogP contribution is 2.22. The van der Waals surface area contributed by atoms with Crippen molar-refractivity contribution in [3.8, 4) is 0 Å². The zero-order chi connectivity index (χ0) is 13.8. The van der Waals surface area contributed by atoms with Crippen molar-refractivity contribution in [2.45, 2.75) is 32.7 Å². The molecule has 1 fully saturated rings. The number of carbonyl (C=O) groups excluding carboxylic acids is 1. The molecule has 4 heteroatoms. The van der Waals surface area contributed by atoms with E-state index in [0.29, 0.717) is 16.6 Å². The van der Waals surface area contributed by atoms with Crippen LogP contribution in [0.1, 0.15) is 26.7 Å². The molecule has 2 rings (SSSR count). The van der Waals surface area contributed by atoms with Gasteiger partial charge in [0.1, 0.15) is 0 Å². The predicted octanol–water partition coefficient (Wildman–Crippen LogP) is 3.40. The Kier molecular flexibility index (Phi) is 4.83. The van der Waals surface area contributed by atoms with Crippen molar-refractivity contribution < 1.29 is 4.79 Å².